The highest BCUT2D eigenvalue weighted by molar-refractivity contribution is 7.92. The van der Waals surface area contributed by atoms with E-state index in [2.05, 4.69) is 0 Å². The van der Waals surface area contributed by atoms with Gasteiger partial charge >= 0.3 is 0 Å². The fourth-order valence-electron chi connectivity index (χ4n) is 2.32. The van der Waals surface area contributed by atoms with E-state index in [0.717, 1.165) is 11.1 Å². The van der Waals surface area contributed by atoms with Crippen molar-refractivity contribution in [2.75, 3.05) is 11.4 Å². The van der Waals surface area contributed by atoms with Gasteiger partial charge in [0.05, 0.1) is 10.6 Å². The third kappa shape index (κ3) is 2.94. The molecule has 0 aliphatic heterocycles. The maximum Gasteiger partial charge on any atom is 0.264 e. The summed E-state index contributed by atoms with van der Waals surface area (Å²) in [6.07, 6.45) is 0. The molecule has 5 heteroatoms. The Morgan fingerprint density at radius 1 is 1.05 bits per heavy atom. The van der Waals surface area contributed by atoms with Gasteiger partial charge in [0.2, 0.25) is 0 Å². The molecule has 0 bridgehead atoms. The highest BCUT2D eigenvalue weighted by Crippen LogP contribution is 2.27. The molecule has 4 nitrogen and oxygen atoms in total. The van der Waals surface area contributed by atoms with Crippen molar-refractivity contribution in [3.8, 4) is 0 Å². The van der Waals surface area contributed by atoms with Crippen LogP contribution in [0.15, 0.2) is 47.4 Å². The Morgan fingerprint density at radius 2 is 1.71 bits per heavy atom. The number of benzene rings is 2. The van der Waals surface area contributed by atoms with Crippen LogP contribution in [0.25, 0.3) is 0 Å². The molecule has 21 heavy (non-hydrogen) atoms. The molecule has 0 radical (unpaired) electrons. The first-order valence-electron chi connectivity index (χ1n) is 6.72. The lowest BCUT2D eigenvalue weighted by Gasteiger charge is -2.22. The maximum atomic E-state index is 12.8. The van der Waals surface area contributed by atoms with Gasteiger partial charge in [-0.15, -0.1) is 0 Å². The van der Waals surface area contributed by atoms with E-state index in [1.807, 2.05) is 31.2 Å². The SMILES string of the molecule is Cc1ccccc1N(C)S(=O)(=O)c1ccc(CN)cc1C. The monoisotopic (exact) mass is 304 g/mol. The molecule has 0 aliphatic rings. The van der Waals surface area contributed by atoms with Crippen molar-refractivity contribution in [2.45, 2.75) is 25.3 Å². The van der Waals surface area contributed by atoms with Crippen LogP contribution in [-0.2, 0) is 16.6 Å². The van der Waals surface area contributed by atoms with Gasteiger partial charge in [-0.25, -0.2) is 8.42 Å². The van der Waals surface area contributed by atoms with Crippen molar-refractivity contribution in [1.29, 1.82) is 0 Å². The highest BCUT2D eigenvalue weighted by Gasteiger charge is 2.24. The summed E-state index contributed by atoms with van der Waals surface area (Å²) in [6, 6.07) is 12.6. The third-order valence-corrected chi connectivity index (χ3v) is 5.50. The zero-order valence-electron chi connectivity index (χ0n) is 12.5. The van der Waals surface area contributed by atoms with Crippen LogP contribution >= 0.6 is 0 Å². The number of hydrogen-bond donors (Lipinski definition) is 1. The first-order valence-corrected chi connectivity index (χ1v) is 8.16. The smallest absolute Gasteiger partial charge is 0.264 e. The van der Waals surface area contributed by atoms with E-state index in [1.54, 1.807) is 32.2 Å². The Kier molecular flexibility index (Phi) is 4.34. The molecule has 2 N–H and O–H groups in total. The summed E-state index contributed by atoms with van der Waals surface area (Å²) in [6.45, 7) is 4.08. The van der Waals surface area contributed by atoms with Crippen molar-refractivity contribution >= 4 is 15.7 Å². The summed E-state index contributed by atoms with van der Waals surface area (Å²) in [5.74, 6) is 0. The minimum Gasteiger partial charge on any atom is -0.326 e. The minimum atomic E-state index is -3.58. The molecular formula is C16H20N2O2S. The number of sulfonamides is 1. The number of rotatable bonds is 4. The van der Waals surface area contributed by atoms with Crippen LogP contribution < -0.4 is 10.0 Å². The Bertz CT molecular complexity index is 755. The second kappa shape index (κ2) is 5.87. The van der Waals surface area contributed by atoms with E-state index in [9.17, 15) is 8.42 Å². The molecule has 2 aromatic carbocycles. The number of aryl methyl sites for hydroxylation is 2. The van der Waals surface area contributed by atoms with Crippen molar-refractivity contribution in [2.24, 2.45) is 5.73 Å². The quantitative estimate of drug-likeness (QED) is 0.944. The molecule has 0 fully saturated rings. The summed E-state index contributed by atoms with van der Waals surface area (Å²) < 4.78 is 26.9. The lowest BCUT2D eigenvalue weighted by Crippen LogP contribution is -2.27. The van der Waals surface area contributed by atoms with E-state index < -0.39 is 10.0 Å². The van der Waals surface area contributed by atoms with Crippen LogP contribution in [0.3, 0.4) is 0 Å². The van der Waals surface area contributed by atoms with Crippen LogP contribution in [0.1, 0.15) is 16.7 Å². The number of anilines is 1. The predicted molar refractivity (Wildman–Crippen MR) is 85.8 cm³/mol. The molecule has 0 spiro atoms. The Labute approximate surface area is 126 Å². The van der Waals surface area contributed by atoms with Crippen molar-refractivity contribution in [1.82, 2.24) is 0 Å². The lowest BCUT2D eigenvalue weighted by molar-refractivity contribution is 0.593. The van der Waals surface area contributed by atoms with E-state index in [4.69, 9.17) is 5.73 Å². The molecular weight excluding hydrogens is 284 g/mol. The van der Waals surface area contributed by atoms with Crippen LogP contribution in [0, 0.1) is 13.8 Å². The molecule has 0 saturated heterocycles. The van der Waals surface area contributed by atoms with E-state index >= 15 is 0 Å². The zero-order chi connectivity index (χ0) is 15.6. The molecule has 0 heterocycles. The van der Waals surface area contributed by atoms with Gasteiger partial charge in [-0.2, -0.15) is 0 Å². The number of nitrogens with two attached hydrogens (primary N) is 1. The summed E-state index contributed by atoms with van der Waals surface area (Å²) >= 11 is 0. The topological polar surface area (TPSA) is 63.4 Å². The second-order valence-electron chi connectivity index (χ2n) is 5.06. The van der Waals surface area contributed by atoms with E-state index in [1.165, 1.54) is 4.31 Å². The summed E-state index contributed by atoms with van der Waals surface area (Å²) in [5.41, 5.74) is 8.81. The summed E-state index contributed by atoms with van der Waals surface area (Å²) in [4.78, 5) is 0.311. The molecule has 2 rings (SSSR count). The zero-order valence-corrected chi connectivity index (χ0v) is 13.3. The Hall–Kier alpha value is -1.85. The Morgan fingerprint density at radius 3 is 2.29 bits per heavy atom. The summed E-state index contributed by atoms with van der Waals surface area (Å²) in [7, 11) is -2.00. The second-order valence-corrected chi connectivity index (χ2v) is 7.00. The van der Waals surface area contributed by atoms with Crippen LogP contribution in [0.4, 0.5) is 5.69 Å². The average Bonchev–Trinajstić information content (AvgIpc) is 2.46. The molecule has 2 aromatic rings. The molecule has 0 amide bonds. The molecule has 0 unspecified atom stereocenters. The maximum absolute atomic E-state index is 12.8. The van der Waals surface area contributed by atoms with Gasteiger partial charge in [0.1, 0.15) is 0 Å². The molecule has 0 aliphatic carbocycles. The first kappa shape index (κ1) is 15.5. The van der Waals surface area contributed by atoms with Crippen LogP contribution in [-0.4, -0.2) is 15.5 Å². The normalized spacial score (nSPS) is 11.4. The van der Waals surface area contributed by atoms with Gasteiger partial charge in [0.25, 0.3) is 10.0 Å². The van der Waals surface area contributed by atoms with Gasteiger partial charge in [0.15, 0.2) is 0 Å². The van der Waals surface area contributed by atoms with Crippen LogP contribution in [0.2, 0.25) is 0 Å². The van der Waals surface area contributed by atoms with Crippen LogP contribution in [0.5, 0.6) is 0 Å². The first-order chi connectivity index (χ1) is 9.87. The standard InChI is InChI=1S/C16H20N2O2S/c1-12-6-4-5-7-15(12)18(3)21(19,20)16-9-8-14(11-17)10-13(16)2/h4-10H,11,17H2,1-3H3. The summed E-state index contributed by atoms with van der Waals surface area (Å²) in [5, 5.41) is 0. The molecule has 112 valence electrons. The Balaban J connectivity index is 2.50. The van der Waals surface area contributed by atoms with Gasteiger partial charge in [-0.3, -0.25) is 4.31 Å². The van der Waals surface area contributed by atoms with E-state index in [0.29, 0.717) is 22.7 Å². The highest BCUT2D eigenvalue weighted by atomic mass is 32.2. The molecule has 0 saturated carbocycles. The lowest BCUT2D eigenvalue weighted by atomic mass is 10.1. The van der Waals surface area contributed by atoms with Gasteiger partial charge in [-0.1, -0.05) is 30.3 Å². The van der Waals surface area contributed by atoms with E-state index in [-0.39, 0.29) is 0 Å². The van der Waals surface area contributed by atoms with Gasteiger partial charge in [-0.05, 0) is 42.7 Å². The average molecular weight is 304 g/mol. The van der Waals surface area contributed by atoms with Gasteiger partial charge < -0.3 is 5.73 Å². The fraction of sp³-hybridized carbons (Fsp3) is 0.250. The third-order valence-electron chi connectivity index (χ3n) is 3.57. The largest absolute Gasteiger partial charge is 0.326 e. The van der Waals surface area contributed by atoms with Gasteiger partial charge in [0, 0.05) is 13.6 Å². The molecule has 0 aromatic heterocycles. The van der Waals surface area contributed by atoms with Crippen molar-refractivity contribution < 1.29 is 8.42 Å². The fourth-order valence-corrected chi connectivity index (χ4v) is 3.79. The number of para-hydroxylation sites is 1. The number of nitrogens with zero attached hydrogens (tertiary/aromatic N) is 1. The minimum absolute atomic E-state index is 0.311. The predicted octanol–water partition coefficient (Wildman–Crippen LogP) is 2.59. The van der Waals surface area contributed by atoms with Crippen molar-refractivity contribution in [3.63, 3.8) is 0 Å². The number of hydrogen-bond acceptors (Lipinski definition) is 3. The molecule has 0 atom stereocenters. The van der Waals surface area contributed by atoms with Crippen molar-refractivity contribution in [3.05, 3.63) is 59.2 Å².